The fourth-order valence-corrected chi connectivity index (χ4v) is 3.18. The summed E-state index contributed by atoms with van der Waals surface area (Å²) in [6.45, 7) is 2.21. The van der Waals surface area contributed by atoms with E-state index < -0.39 is 35.1 Å². The number of hydrogen-bond donors (Lipinski definition) is 1. The van der Waals surface area contributed by atoms with Gasteiger partial charge in [-0.05, 0) is 30.2 Å². The van der Waals surface area contributed by atoms with Crippen LogP contribution < -0.4 is 5.32 Å². The average molecular weight is 405 g/mol. The Labute approximate surface area is 162 Å². The summed E-state index contributed by atoms with van der Waals surface area (Å²) in [6, 6.07) is 4.80. The molecule has 0 aliphatic carbocycles. The van der Waals surface area contributed by atoms with E-state index in [9.17, 15) is 25.0 Å². The largest absolute Gasteiger partial charge is 0.460 e. The van der Waals surface area contributed by atoms with E-state index in [0.29, 0.717) is 16.8 Å². The van der Waals surface area contributed by atoms with Gasteiger partial charge in [-0.3, -0.25) is 10.1 Å². The lowest BCUT2D eigenvalue weighted by Gasteiger charge is -2.26. The minimum Gasteiger partial charge on any atom is -0.460 e. The predicted molar refractivity (Wildman–Crippen MR) is 94.0 cm³/mol. The second kappa shape index (κ2) is 7.92. The quantitative estimate of drug-likeness (QED) is 0.305. The minimum absolute atomic E-state index is 0.0288. The number of dihydropyridines is 1. The van der Waals surface area contributed by atoms with Crippen LogP contribution in [0.4, 0.5) is 0 Å². The van der Waals surface area contributed by atoms with Crippen LogP contribution >= 0.6 is 0 Å². The van der Waals surface area contributed by atoms with Crippen LogP contribution in [0.5, 0.6) is 0 Å². The summed E-state index contributed by atoms with van der Waals surface area (Å²) in [6.07, 6.45) is 0. The molecule has 1 aromatic carbocycles. The van der Waals surface area contributed by atoms with Gasteiger partial charge in [0.05, 0.1) is 16.2 Å². The van der Waals surface area contributed by atoms with E-state index in [-0.39, 0.29) is 22.5 Å². The molecule has 0 saturated carbocycles. The van der Waals surface area contributed by atoms with Gasteiger partial charge >= 0.3 is 5.97 Å². The summed E-state index contributed by atoms with van der Waals surface area (Å²) >= 11 is 0. The number of aromatic nitrogens is 2. The number of hydrogen-bond acceptors (Lipinski definition) is 11. The van der Waals surface area contributed by atoms with Crippen molar-refractivity contribution in [3.63, 3.8) is 0 Å². The number of esters is 1. The van der Waals surface area contributed by atoms with Gasteiger partial charge in [0, 0.05) is 11.3 Å². The Kier molecular flexibility index (Phi) is 5.38. The van der Waals surface area contributed by atoms with E-state index in [4.69, 9.17) is 9.37 Å². The number of nitrogens with one attached hydrogen (secondary N) is 1. The third-order valence-corrected chi connectivity index (χ3v) is 4.28. The molecule has 1 unspecified atom stereocenters. The van der Waals surface area contributed by atoms with Gasteiger partial charge in [0.15, 0.2) is 0 Å². The van der Waals surface area contributed by atoms with E-state index in [1.54, 1.807) is 25.1 Å². The summed E-state index contributed by atoms with van der Waals surface area (Å²) in [5.41, 5.74) is 1.26. The fourth-order valence-electron chi connectivity index (χ4n) is 3.18. The molecule has 0 fully saturated rings. The van der Waals surface area contributed by atoms with Crippen molar-refractivity contribution in [2.75, 3.05) is 13.2 Å². The Morgan fingerprint density at radius 2 is 1.97 bits per heavy atom. The molecular formula is C16H15N5O8. The summed E-state index contributed by atoms with van der Waals surface area (Å²) < 4.78 is 9.77. The lowest BCUT2D eigenvalue weighted by atomic mass is 9.83. The van der Waals surface area contributed by atoms with E-state index in [2.05, 4.69) is 20.5 Å². The summed E-state index contributed by atoms with van der Waals surface area (Å²) in [5, 5.41) is 31.3. The van der Waals surface area contributed by atoms with Crippen molar-refractivity contribution in [1.29, 1.82) is 0 Å². The highest BCUT2D eigenvalue weighted by Gasteiger charge is 2.42. The van der Waals surface area contributed by atoms with E-state index >= 15 is 0 Å². The van der Waals surface area contributed by atoms with Crippen LogP contribution in [0.1, 0.15) is 25.3 Å². The first-order valence-corrected chi connectivity index (χ1v) is 8.29. The zero-order valence-corrected chi connectivity index (χ0v) is 15.3. The monoisotopic (exact) mass is 405 g/mol. The lowest BCUT2D eigenvalue weighted by Crippen LogP contribution is -2.32. The smallest absolute Gasteiger partial charge is 0.337 e. The van der Waals surface area contributed by atoms with Crippen molar-refractivity contribution in [2.45, 2.75) is 19.8 Å². The zero-order valence-electron chi connectivity index (χ0n) is 15.3. The van der Waals surface area contributed by atoms with Crippen molar-refractivity contribution in [1.82, 2.24) is 15.6 Å². The molecule has 2 heterocycles. The SMILES string of the molecule is CC1=C(C(=O)OCCO[N+](=O)[O-])C(c2cccc3nonc23)C([N+](=O)[O-])=C(C)N1. The molecule has 0 amide bonds. The van der Waals surface area contributed by atoms with Gasteiger partial charge in [0.25, 0.3) is 10.8 Å². The maximum atomic E-state index is 12.7. The van der Waals surface area contributed by atoms with Crippen molar-refractivity contribution in [2.24, 2.45) is 0 Å². The normalized spacial score (nSPS) is 16.6. The number of ether oxygens (including phenoxy) is 1. The molecule has 1 aliphatic heterocycles. The highest BCUT2D eigenvalue weighted by Crippen LogP contribution is 2.40. The van der Waals surface area contributed by atoms with Gasteiger partial charge < -0.3 is 14.9 Å². The summed E-state index contributed by atoms with van der Waals surface area (Å²) in [4.78, 5) is 38.3. The molecule has 13 heteroatoms. The van der Waals surface area contributed by atoms with Crippen molar-refractivity contribution in [3.8, 4) is 0 Å². The average Bonchev–Trinajstić information content (AvgIpc) is 3.12. The highest BCUT2D eigenvalue weighted by atomic mass is 17.0. The molecule has 2 aromatic rings. The van der Waals surface area contributed by atoms with Crippen LogP contribution in [0.3, 0.4) is 0 Å². The number of nitrogens with zero attached hydrogens (tertiary/aromatic N) is 4. The predicted octanol–water partition coefficient (Wildman–Crippen LogP) is 1.44. The Morgan fingerprint density at radius 3 is 2.66 bits per heavy atom. The Balaban J connectivity index is 2.04. The standard InChI is InChI=1S/C16H15N5O8/c1-8-12(16(22)27-6-7-28-21(25)26)13(15(20(23)24)9(2)17-8)10-4-3-5-11-14(10)19-29-18-11/h3-5,13,17H,6-7H2,1-2H3. The topological polar surface area (TPSA) is 173 Å². The minimum atomic E-state index is -1.12. The van der Waals surface area contributed by atoms with Crippen LogP contribution in [0.25, 0.3) is 11.0 Å². The third kappa shape index (κ3) is 3.83. The molecule has 3 rings (SSSR count). The van der Waals surface area contributed by atoms with Gasteiger partial charge in [0.2, 0.25) is 0 Å². The molecule has 1 N–H and O–H groups in total. The number of rotatable bonds is 7. The first-order chi connectivity index (χ1) is 13.8. The Morgan fingerprint density at radius 1 is 1.21 bits per heavy atom. The number of carbonyl (C=O) groups is 1. The number of fused-ring (bicyclic) bond motifs is 1. The van der Waals surface area contributed by atoms with Gasteiger partial charge in [-0.1, -0.05) is 12.1 Å². The first kappa shape index (κ1) is 19.7. The molecule has 13 nitrogen and oxygen atoms in total. The fraction of sp³-hybridized carbons (Fsp3) is 0.312. The van der Waals surface area contributed by atoms with Crippen molar-refractivity contribution in [3.05, 3.63) is 66.7 Å². The van der Waals surface area contributed by atoms with Gasteiger partial charge in [-0.25, -0.2) is 9.42 Å². The van der Waals surface area contributed by atoms with E-state index in [1.165, 1.54) is 6.92 Å². The van der Waals surface area contributed by atoms with Crippen LogP contribution in [-0.4, -0.2) is 39.5 Å². The molecule has 0 radical (unpaired) electrons. The third-order valence-electron chi connectivity index (χ3n) is 4.28. The van der Waals surface area contributed by atoms with Crippen LogP contribution in [0.15, 0.2) is 45.5 Å². The van der Waals surface area contributed by atoms with Gasteiger partial charge in [-0.15, -0.1) is 10.1 Å². The summed E-state index contributed by atoms with van der Waals surface area (Å²) in [7, 11) is 0. The molecule has 1 aliphatic rings. The molecule has 152 valence electrons. The second-order valence-electron chi connectivity index (χ2n) is 6.04. The summed E-state index contributed by atoms with van der Waals surface area (Å²) in [5.74, 6) is -2.00. The molecular weight excluding hydrogens is 390 g/mol. The van der Waals surface area contributed by atoms with Crippen molar-refractivity contribution >= 4 is 17.0 Å². The molecule has 0 spiro atoms. The maximum absolute atomic E-state index is 12.7. The highest BCUT2D eigenvalue weighted by molar-refractivity contribution is 5.94. The van der Waals surface area contributed by atoms with E-state index in [1.807, 2.05) is 0 Å². The molecule has 29 heavy (non-hydrogen) atoms. The van der Waals surface area contributed by atoms with Crippen LogP contribution in [-0.2, 0) is 14.4 Å². The lowest BCUT2D eigenvalue weighted by molar-refractivity contribution is -0.757. The first-order valence-electron chi connectivity index (χ1n) is 8.29. The van der Waals surface area contributed by atoms with Crippen LogP contribution in [0.2, 0.25) is 0 Å². The van der Waals surface area contributed by atoms with Gasteiger partial charge in [-0.2, -0.15) is 0 Å². The molecule has 0 saturated heterocycles. The number of carbonyl (C=O) groups excluding carboxylic acids is 1. The van der Waals surface area contributed by atoms with Crippen molar-refractivity contribution < 1.29 is 29.0 Å². The van der Waals surface area contributed by atoms with E-state index in [0.717, 1.165) is 0 Å². The number of benzene rings is 1. The van der Waals surface area contributed by atoms with Crippen LogP contribution in [0, 0.1) is 20.2 Å². The second-order valence-corrected chi connectivity index (χ2v) is 6.04. The molecule has 1 atom stereocenters. The molecule has 0 bridgehead atoms. The maximum Gasteiger partial charge on any atom is 0.337 e. The number of allylic oxidation sites excluding steroid dienone is 3. The Hall–Kier alpha value is -4.03. The zero-order chi connectivity index (χ0) is 21.1. The van der Waals surface area contributed by atoms with Gasteiger partial charge in [0.1, 0.15) is 30.2 Å². The Bertz CT molecular complexity index is 1060. The number of nitro groups is 1. The molecule has 1 aromatic heterocycles.